The van der Waals surface area contributed by atoms with Gasteiger partial charge in [-0.05, 0) is 36.8 Å². The lowest BCUT2D eigenvalue weighted by Crippen LogP contribution is -2.68. The Hall–Kier alpha value is -2.76. The molecular formula is C21H21N3O4S. The van der Waals surface area contributed by atoms with Crippen molar-refractivity contribution in [1.82, 2.24) is 9.88 Å². The van der Waals surface area contributed by atoms with E-state index in [4.69, 9.17) is 10.00 Å². The van der Waals surface area contributed by atoms with Crippen LogP contribution in [0.3, 0.4) is 0 Å². The van der Waals surface area contributed by atoms with Gasteiger partial charge in [0.1, 0.15) is 4.75 Å². The Morgan fingerprint density at radius 2 is 2.10 bits per heavy atom. The smallest absolute Gasteiger partial charge is 0.253 e. The average molecular weight is 411 g/mol. The van der Waals surface area contributed by atoms with Crippen molar-refractivity contribution in [1.29, 1.82) is 5.26 Å². The Morgan fingerprint density at radius 1 is 1.28 bits per heavy atom. The third kappa shape index (κ3) is 3.52. The first kappa shape index (κ1) is 19.6. The van der Waals surface area contributed by atoms with Crippen LogP contribution in [-0.2, 0) is 21.2 Å². The van der Waals surface area contributed by atoms with Gasteiger partial charge in [0.05, 0.1) is 36.3 Å². The summed E-state index contributed by atoms with van der Waals surface area (Å²) in [6, 6.07) is 14.0. The molecule has 2 saturated heterocycles. The Labute approximate surface area is 169 Å². The highest BCUT2D eigenvalue weighted by molar-refractivity contribution is 7.93. The number of benzene rings is 1. The number of hydrogen-bond donors (Lipinski definition) is 0. The van der Waals surface area contributed by atoms with E-state index in [9.17, 15) is 13.2 Å². The Bertz CT molecular complexity index is 1060. The SMILES string of the molecule is N#Cc1cccc(C(=O)N2CC3(C2)[C@@H](COCc2ccccn2)CCS3(=O)=O)c1. The summed E-state index contributed by atoms with van der Waals surface area (Å²) in [5, 5.41) is 9.02. The molecule has 0 radical (unpaired) electrons. The highest BCUT2D eigenvalue weighted by atomic mass is 32.2. The number of likely N-dealkylation sites (tertiary alicyclic amines) is 1. The molecule has 3 heterocycles. The van der Waals surface area contributed by atoms with Crippen molar-refractivity contribution in [3.05, 3.63) is 65.5 Å². The summed E-state index contributed by atoms with van der Waals surface area (Å²) in [7, 11) is -3.30. The number of carbonyl (C=O) groups is 1. The van der Waals surface area contributed by atoms with Crippen LogP contribution in [-0.4, -0.2) is 54.4 Å². The maximum absolute atomic E-state index is 12.8. The van der Waals surface area contributed by atoms with Crippen LogP contribution in [0.2, 0.25) is 0 Å². The number of hydrogen-bond acceptors (Lipinski definition) is 6. The summed E-state index contributed by atoms with van der Waals surface area (Å²) in [6.07, 6.45) is 2.23. The zero-order valence-corrected chi connectivity index (χ0v) is 16.6. The predicted octanol–water partition coefficient (Wildman–Crippen LogP) is 1.80. The zero-order chi connectivity index (χ0) is 20.5. The summed E-state index contributed by atoms with van der Waals surface area (Å²) in [6.45, 7) is 0.990. The monoisotopic (exact) mass is 411 g/mol. The fourth-order valence-corrected chi connectivity index (χ4v) is 6.54. The van der Waals surface area contributed by atoms with Crippen molar-refractivity contribution in [2.24, 2.45) is 5.92 Å². The van der Waals surface area contributed by atoms with Gasteiger partial charge in [-0.25, -0.2) is 8.42 Å². The Kier molecular flexibility index (Phi) is 5.11. The van der Waals surface area contributed by atoms with E-state index in [-0.39, 0.29) is 30.7 Å². The number of pyridine rings is 1. The lowest BCUT2D eigenvalue weighted by molar-refractivity contribution is 0.0204. The Morgan fingerprint density at radius 3 is 2.83 bits per heavy atom. The van der Waals surface area contributed by atoms with E-state index < -0.39 is 14.6 Å². The van der Waals surface area contributed by atoms with E-state index in [2.05, 4.69) is 4.98 Å². The Balaban J connectivity index is 1.43. The van der Waals surface area contributed by atoms with E-state index in [1.54, 1.807) is 29.3 Å². The fourth-order valence-electron chi connectivity index (χ4n) is 4.14. The third-order valence-electron chi connectivity index (χ3n) is 5.84. The van der Waals surface area contributed by atoms with Crippen LogP contribution >= 0.6 is 0 Å². The topological polar surface area (TPSA) is 100 Å². The minimum absolute atomic E-state index is 0.122. The molecule has 2 aromatic rings. The van der Waals surface area contributed by atoms with Crippen LogP contribution in [0.15, 0.2) is 48.7 Å². The zero-order valence-electron chi connectivity index (χ0n) is 15.8. The number of ether oxygens (including phenoxy) is 1. The van der Waals surface area contributed by atoms with Crippen molar-refractivity contribution in [2.45, 2.75) is 17.8 Å². The van der Waals surface area contributed by atoms with Gasteiger partial charge in [-0.3, -0.25) is 9.78 Å². The standard InChI is InChI=1S/C21H21N3O4S/c22-11-16-4-3-5-17(10-16)20(25)24-14-21(15-24)18(7-9-29(21,26)27)12-28-13-19-6-1-2-8-23-19/h1-6,8,10,18H,7,9,12-15H2/t18-/m1/s1. The van der Waals surface area contributed by atoms with E-state index in [0.717, 1.165) is 5.69 Å². The summed E-state index contributed by atoms with van der Waals surface area (Å²) in [5.41, 5.74) is 1.60. The van der Waals surface area contributed by atoms with E-state index in [1.165, 1.54) is 6.07 Å². The number of rotatable bonds is 5. The van der Waals surface area contributed by atoms with Gasteiger partial charge >= 0.3 is 0 Å². The lowest BCUT2D eigenvalue weighted by atomic mass is 9.83. The molecule has 0 aliphatic carbocycles. The van der Waals surface area contributed by atoms with Crippen LogP contribution in [0.4, 0.5) is 0 Å². The van der Waals surface area contributed by atoms with Gasteiger partial charge < -0.3 is 9.64 Å². The van der Waals surface area contributed by atoms with E-state index >= 15 is 0 Å². The third-order valence-corrected chi connectivity index (χ3v) is 8.44. The van der Waals surface area contributed by atoms with Crippen molar-refractivity contribution < 1.29 is 17.9 Å². The summed E-state index contributed by atoms with van der Waals surface area (Å²) >= 11 is 0. The fraction of sp³-hybridized carbons (Fsp3) is 0.381. The second-order valence-electron chi connectivity index (χ2n) is 7.56. The summed E-state index contributed by atoms with van der Waals surface area (Å²) in [5.74, 6) is -0.273. The highest BCUT2D eigenvalue weighted by Crippen LogP contribution is 2.45. The molecular weight excluding hydrogens is 390 g/mol. The second-order valence-corrected chi connectivity index (χ2v) is 10.0. The number of nitrogens with zero attached hydrogens (tertiary/aromatic N) is 3. The molecule has 1 spiro atoms. The minimum Gasteiger partial charge on any atom is -0.375 e. The van der Waals surface area contributed by atoms with Gasteiger partial charge in [-0.2, -0.15) is 5.26 Å². The molecule has 2 aliphatic rings. The van der Waals surface area contributed by atoms with Crippen molar-refractivity contribution in [2.75, 3.05) is 25.4 Å². The molecule has 1 aromatic heterocycles. The number of carbonyl (C=O) groups excluding carboxylic acids is 1. The van der Waals surface area contributed by atoms with Crippen molar-refractivity contribution in [3.8, 4) is 6.07 Å². The van der Waals surface area contributed by atoms with Crippen LogP contribution in [0, 0.1) is 17.2 Å². The largest absolute Gasteiger partial charge is 0.375 e. The molecule has 2 fully saturated rings. The molecule has 0 N–H and O–H groups in total. The first-order valence-electron chi connectivity index (χ1n) is 9.44. The number of aromatic nitrogens is 1. The van der Waals surface area contributed by atoms with Gasteiger partial charge in [0.15, 0.2) is 9.84 Å². The van der Waals surface area contributed by atoms with Gasteiger partial charge in [0.25, 0.3) is 5.91 Å². The maximum Gasteiger partial charge on any atom is 0.253 e. The first-order chi connectivity index (χ1) is 13.9. The van der Waals surface area contributed by atoms with Gasteiger partial charge in [0, 0.05) is 30.8 Å². The molecule has 0 unspecified atom stereocenters. The van der Waals surface area contributed by atoms with Gasteiger partial charge in [0.2, 0.25) is 0 Å². The molecule has 29 heavy (non-hydrogen) atoms. The molecule has 4 rings (SSSR count). The molecule has 0 bridgehead atoms. The molecule has 150 valence electrons. The highest BCUT2D eigenvalue weighted by Gasteiger charge is 2.62. The van der Waals surface area contributed by atoms with Crippen LogP contribution < -0.4 is 0 Å². The summed E-state index contributed by atoms with van der Waals surface area (Å²) in [4.78, 5) is 18.5. The predicted molar refractivity (Wildman–Crippen MR) is 106 cm³/mol. The molecule has 7 nitrogen and oxygen atoms in total. The minimum atomic E-state index is -3.30. The quantitative estimate of drug-likeness (QED) is 0.744. The van der Waals surface area contributed by atoms with Crippen LogP contribution in [0.1, 0.15) is 28.0 Å². The molecule has 2 aliphatic heterocycles. The first-order valence-corrected chi connectivity index (χ1v) is 11.1. The van der Waals surface area contributed by atoms with Crippen LogP contribution in [0.25, 0.3) is 0 Å². The average Bonchev–Trinajstić information content (AvgIpc) is 2.97. The molecule has 8 heteroatoms. The number of amides is 1. The van der Waals surface area contributed by atoms with Gasteiger partial charge in [-0.15, -0.1) is 0 Å². The van der Waals surface area contributed by atoms with Crippen molar-refractivity contribution >= 4 is 15.7 Å². The maximum atomic E-state index is 12.8. The second kappa shape index (κ2) is 7.58. The number of nitriles is 1. The molecule has 1 atom stereocenters. The van der Waals surface area contributed by atoms with E-state index in [0.29, 0.717) is 30.8 Å². The summed E-state index contributed by atoms with van der Waals surface area (Å²) < 4.78 is 30.4. The van der Waals surface area contributed by atoms with Crippen LogP contribution in [0.5, 0.6) is 0 Å². The number of sulfone groups is 1. The lowest BCUT2D eigenvalue weighted by Gasteiger charge is -2.49. The van der Waals surface area contributed by atoms with E-state index in [1.807, 2.05) is 24.3 Å². The molecule has 1 amide bonds. The molecule has 0 saturated carbocycles. The van der Waals surface area contributed by atoms with Crippen molar-refractivity contribution in [3.63, 3.8) is 0 Å². The molecule has 1 aromatic carbocycles. The van der Waals surface area contributed by atoms with Gasteiger partial charge in [-0.1, -0.05) is 12.1 Å². The normalized spacial score (nSPS) is 21.5.